The Labute approximate surface area is 200 Å². The van der Waals surface area contributed by atoms with Crippen LogP contribution >= 0.6 is 0 Å². The summed E-state index contributed by atoms with van der Waals surface area (Å²) in [6, 6.07) is 9.03. The quantitative estimate of drug-likeness (QED) is 0.630. The first-order valence-electron chi connectivity index (χ1n) is 12.8. The molecule has 3 fully saturated rings. The molecule has 6 rings (SSSR count). The highest BCUT2D eigenvalue weighted by Crippen LogP contribution is 2.36. The van der Waals surface area contributed by atoms with Gasteiger partial charge in [-0.1, -0.05) is 12.8 Å². The zero-order valence-electron chi connectivity index (χ0n) is 19.7. The third-order valence-electron chi connectivity index (χ3n) is 7.63. The number of nitrogens with zero attached hydrogens (tertiary/aromatic N) is 5. The first kappa shape index (κ1) is 21.6. The molecule has 1 aliphatic carbocycles. The van der Waals surface area contributed by atoms with E-state index in [1.165, 1.54) is 18.5 Å². The summed E-state index contributed by atoms with van der Waals surface area (Å²) in [5.74, 6) is 1.33. The van der Waals surface area contributed by atoms with Crippen LogP contribution in [0.3, 0.4) is 0 Å². The summed E-state index contributed by atoms with van der Waals surface area (Å²) in [7, 11) is 0. The summed E-state index contributed by atoms with van der Waals surface area (Å²) in [6.45, 7) is 6.52. The second-order valence-corrected chi connectivity index (χ2v) is 9.82. The molecule has 34 heavy (non-hydrogen) atoms. The molecule has 1 aromatic carbocycles. The van der Waals surface area contributed by atoms with Crippen LogP contribution in [0.4, 0.5) is 27.9 Å². The Morgan fingerprint density at radius 1 is 0.941 bits per heavy atom. The summed E-state index contributed by atoms with van der Waals surface area (Å²) in [5, 5.41) is 10.2. The fourth-order valence-electron chi connectivity index (χ4n) is 5.75. The summed E-state index contributed by atoms with van der Waals surface area (Å²) >= 11 is 0. The molecule has 9 nitrogen and oxygen atoms in total. The number of benzene rings is 1. The van der Waals surface area contributed by atoms with Crippen molar-refractivity contribution in [2.24, 2.45) is 0 Å². The third-order valence-corrected chi connectivity index (χ3v) is 7.63. The molecule has 3 aliphatic heterocycles. The van der Waals surface area contributed by atoms with E-state index in [-0.39, 0.29) is 18.1 Å². The minimum absolute atomic E-state index is 0.109. The highest BCUT2D eigenvalue weighted by atomic mass is 16.2. The number of fused-ring (bicyclic) bond motifs is 1. The van der Waals surface area contributed by atoms with E-state index in [1.54, 1.807) is 0 Å². The molecule has 2 aromatic rings. The summed E-state index contributed by atoms with van der Waals surface area (Å²) in [5.41, 5.74) is 3.22. The van der Waals surface area contributed by atoms with E-state index in [2.05, 4.69) is 50.1 Å². The van der Waals surface area contributed by atoms with Gasteiger partial charge >= 0.3 is 6.03 Å². The lowest BCUT2D eigenvalue weighted by atomic mass is 10.1. The zero-order valence-corrected chi connectivity index (χ0v) is 19.7. The lowest BCUT2D eigenvalue weighted by Crippen LogP contribution is -2.55. The van der Waals surface area contributed by atoms with Crippen LogP contribution in [0.5, 0.6) is 0 Å². The lowest BCUT2D eigenvalue weighted by molar-refractivity contribution is 0.174. The van der Waals surface area contributed by atoms with Crippen molar-refractivity contribution < 1.29 is 4.79 Å². The first-order chi connectivity index (χ1) is 16.8. The number of hydrogen-bond acceptors (Lipinski definition) is 7. The number of piperazine rings is 1. The molecular formula is C25H34N8O. The Hall–Kier alpha value is -2.91. The number of carbonyl (C=O) groups excluding carboxylic acids is 1. The van der Waals surface area contributed by atoms with Crippen molar-refractivity contribution in [1.29, 1.82) is 0 Å². The SMILES string of the molecule is O=C1N(C2CCNC2)Cc2cnc(Nc3ccc(N4CCNCC4)cc3)nc2N1C1CCCC1. The van der Waals surface area contributed by atoms with Crippen LogP contribution in [0.15, 0.2) is 30.5 Å². The van der Waals surface area contributed by atoms with Crippen LogP contribution < -0.4 is 25.8 Å². The maximum atomic E-state index is 13.7. The predicted octanol–water partition coefficient (Wildman–Crippen LogP) is 2.68. The minimum atomic E-state index is 0.109. The highest BCUT2D eigenvalue weighted by Gasteiger charge is 2.40. The van der Waals surface area contributed by atoms with E-state index in [0.29, 0.717) is 12.5 Å². The van der Waals surface area contributed by atoms with Gasteiger partial charge in [0.05, 0.1) is 6.54 Å². The van der Waals surface area contributed by atoms with Gasteiger partial charge in [0.1, 0.15) is 5.82 Å². The molecule has 1 unspecified atom stereocenters. The molecule has 1 saturated carbocycles. The van der Waals surface area contributed by atoms with Gasteiger partial charge in [-0.2, -0.15) is 4.98 Å². The fourth-order valence-corrected chi connectivity index (χ4v) is 5.75. The van der Waals surface area contributed by atoms with E-state index in [0.717, 1.165) is 75.6 Å². The van der Waals surface area contributed by atoms with Gasteiger partial charge in [0.25, 0.3) is 0 Å². The Kier molecular flexibility index (Phi) is 5.97. The van der Waals surface area contributed by atoms with Gasteiger partial charge in [0, 0.05) is 67.9 Å². The highest BCUT2D eigenvalue weighted by molar-refractivity contribution is 5.94. The number of hydrogen-bond donors (Lipinski definition) is 3. The smallest absolute Gasteiger partial charge is 0.326 e. The molecule has 0 spiro atoms. The van der Waals surface area contributed by atoms with Crippen LogP contribution in [-0.4, -0.2) is 72.3 Å². The number of carbonyl (C=O) groups is 1. The number of nitrogens with one attached hydrogen (secondary N) is 3. The second-order valence-electron chi connectivity index (χ2n) is 9.82. The standard InChI is InChI=1S/C25H34N8O/c34-25-32(22-9-10-27-16-22)17-18-15-28-24(30-23(18)33(25)21-3-1-2-4-21)29-19-5-7-20(8-6-19)31-13-11-26-12-14-31/h5-8,15,21-22,26-27H,1-4,9-14,16-17H2,(H,28,29,30). The average molecular weight is 463 g/mol. The molecule has 1 atom stereocenters. The molecule has 4 heterocycles. The van der Waals surface area contributed by atoms with Crippen LogP contribution in [-0.2, 0) is 6.54 Å². The van der Waals surface area contributed by atoms with Crippen molar-refractivity contribution in [2.75, 3.05) is 54.4 Å². The van der Waals surface area contributed by atoms with Gasteiger partial charge in [0.2, 0.25) is 5.95 Å². The Morgan fingerprint density at radius 3 is 2.47 bits per heavy atom. The Morgan fingerprint density at radius 2 is 1.74 bits per heavy atom. The Balaban J connectivity index is 1.24. The van der Waals surface area contributed by atoms with E-state index < -0.39 is 0 Å². The maximum absolute atomic E-state index is 13.7. The largest absolute Gasteiger partial charge is 0.369 e. The minimum Gasteiger partial charge on any atom is -0.369 e. The molecule has 4 aliphatic rings. The lowest BCUT2D eigenvalue weighted by Gasteiger charge is -2.41. The molecule has 3 N–H and O–H groups in total. The van der Waals surface area contributed by atoms with Crippen molar-refractivity contribution in [3.63, 3.8) is 0 Å². The van der Waals surface area contributed by atoms with Crippen LogP contribution in [0, 0.1) is 0 Å². The van der Waals surface area contributed by atoms with Gasteiger partial charge in [0.15, 0.2) is 0 Å². The van der Waals surface area contributed by atoms with Crippen molar-refractivity contribution in [3.8, 4) is 0 Å². The number of anilines is 4. The van der Waals surface area contributed by atoms with Crippen LogP contribution in [0.1, 0.15) is 37.7 Å². The predicted molar refractivity (Wildman–Crippen MR) is 134 cm³/mol. The van der Waals surface area contributed by atoms with E-state index in [1.807, 2.05) is 16.0 Å². The number of aromatic nitrogens is 2. The number of urea groups is 1. The maximum Gasteiger partial charge on any atom is 0.326 e. The molecule has 1 aromatic heterocycles. The number of rotatable bonds is 5. The van der Waals surface area contributed by atoms with Crippen LogP contribution in [0.25, 0.3) is 0 Å². The van der Waals surface area contributed by atoms with Crippen molar-refractivity contribution in [3.05, 3.63) is 36.0 Å². The fraction of sp³-hybridized carbons (Fsp3) is 0.560. The molecule has 0 radical (unpaired) electrons. The van der Waals surface area contributed by atoms with Gasteiger partial charge in [-0.05, 0) is 50.1 Å². The topological polar surface area (TPSA) is 88.7 Å². The van der Waals surface area contributed by atoms with E-state index in [9.17, 15) is 4.79 Å². The molecule has 180 valence electrons. The summed E-state index contributed by atoms with van der Waals surface area (Å²) in [4.78, 5) is 29.6. The van der Waals surface area contributed by atoms with Gasteiger partial charge in [-0.3, -0.25) is 4.90 Å². The van der Waals surface area contributed by atoms with Gasteiger partial charge < -0.3 is 25.8 Å². The van der Waals surface area contributed by atoms with Gasteiger partial charge in [-0.25, -0.2) is 9.78 Å². The molecule has 2 saturated heterocycles. The molecular weight excluding hydrogens is 428 g/mol. The summed E-state index contributed by atoms with van der Waals surface area (Å²) in [6.07, 6.45) is 7.34. The normalized spacial score (nSPS) is 23.5. The monoisotopic (exact) mass is 462 g/mol. The molecule has 0 bridgehead atoms. The zero-order chi connectivity index (χ0) is 22.9. The van der Waals surface area contributed by atoms with Crippen molar-refractivity contribution in [2.45, 2.75) is 50.7 Å². The van der Waals surface area contributed by atoms with E-state index in [4.69, 9.17) is 4.98 Å². The van der Waals surface area contributed by atoms with Crippen LogP contribution in [0.2, 0.25) is 0 Å². The Bertz CT molecular complexity index is 1010. The molecule has 9 heteroatoms. The van der Waals surface area contributed by atoms with Crippen molar-refractivity contribution >= 4 is 29.2 Å². The average Bonchev–Trinajstić information content (AvgIpc) is 3.60. The summed E-state index contributed by atoms with van der Waals surface area (Å²) < 4.78 is 0. The van der Waals surface area contributed by atoms with Gasteiger partial charge in [-0.15, -0.1) is 0 Å². The van der Waals surface area contributed by atoms with Crippen molar-refractivity contribution in [1.82, 2.24) is 25.5 Å². The first-order valence-corrected chi connectivity index (χ1v) is 12.8. The third kappa shape index (κ3) is 4.18. The second kappa shape index (κ2) is 9.38. The van der Waals surface area contributed by atoms with E-state index >= 15 is 0 Å². The number of amides is 2. The molecule has 2 amide bonds.